The second-order valence-electron chi connectivity index (χ2n) is 6.12. The number of hydrogen-bond donors (Lipinski definition) is 1. The van der Waals surface area contributed by atoms with E-state index in [-0.39, 0.29) is 17.4 Å². The summed E-state index contributed by atoms with van der Waals surface area (Å²) < 4.78 is 18.2. The van der Waals surface area contributed by atoms with Gasteiger partial charge in [-0.15, -0.1) is 0 Å². The first-order chi connectivity index (χ1) is 9.17. The molecule has 20 heavy (non-hydrogen) atoms. The van der Waals surface area contributed by atoms with Gasteiger partial charge in [-0.3, -0.25) is 5.41 Å². The first-order valence-corrected chi connectivity index (χ1v) is 6.72. The second-order valence-corrected chi connectivity index (χ2v) is 6.12. The fraction of sp³-hybridized carbons (Fsp3) is 0.500. The van der Waals surface area contributed by atoms with Crippen LogP contribution >= 0.6 is 0 Å². The zero-order valence-electron chi connectivity index (χ0n) is 12.5. The van der Waals surface area contributed by atoms with Gasteiger partial charge in [0.25, 0.3) is 0 Å². The lowest BCUT2D eigenvalue weighted by molar-refractivity contribution is -0.146. The number of halogens is 1. The van der Waals surface area contributed by atoms with Crippen molar-refractivity contribution >= 4 is 11.7 Å². The molecule has 0 amide bonds. The Bertz CT molecular complexity index is 491. The molecular formula is C16H22FNO2. The van der Waals surface area contributed by atoms with Crippen LogP contribution in [0.5, 0.6) is 0 Å². The normalized spacial score (nSPS) is 12.8. The van der Waals surface area contributed by atoms with Crippen LogP contribution in [0.25, 0.3) is 0 Å². The first-order valence-electron chi connectivity index (χ1n) is 6.72. The average Bonchev–Trinajstić information content (AvgIpc) is 2.26. The molecular weight excluding hydrogens is 257 g/mol. The van der Waals surface area contributed by atoms with E-state index in [9.17, 15) is 9.18 Å². The minimum Gasteiger partial charge on any atom is -0.456 e. The van der Waals surface area contributed by atoms with Gasteiger partial charge in [-0.2, -0.15) is 0 Å². The minimum atomic E-state index is -0.588. The van der Waals surface area contributed by atoms with Crippen molar-refractivity contribution in [1.82, 2.24) is 0 Å². The Labute approximate surface area is 119 Å². The molecule has 0 unspecified atom stereocenters. The molecule has 1 atom stereocenters. The van der Waals surface area contributed by atoms with Crippen LogP contribution in [0.15, 0.2) is 24.3 Å². The fourth-order valence-electron chi connectivity index (χ4n) is 1.91. The Morgan fingerprint density at radius 3 is 2.60 bits per heavy atom. The van der Waals surface area contributed by atoms with Crippen molar-refractivity contribution in [2.75, 3.05) is 0 Å². The van der Waals surface area contributed by atoms with E-state index in [0.29, 0.717) is 12.8 Å². The van der Waals surface area contributed by atoms with Gasteiger partial charge in [-0.1, -0.05) is 19.1 Å². The molecule has 0 fully saturated rings. The maximum Gasteiger partial charge on any atom is 0.352 e. The van der Waals surface area contributed by atoms with Crippen molar-refractivity contribution in [1.29, 1.82) is 5.41 Å². The molecule has 0 aliphatic rings. The number of carbonyl (C=O) groups excluding carboxylic acids is 1. The quantitative estimate of drug-likeness (QED) is 0.659. The van der Waals surface area contributed by atoms with E-state index in [0.717, 1.165) is 5.56 Å². The maximum absolute atomic E-state index is 13.1. The predicted octanol–water partition coefficient (Wildman–Crippen LogP) is 3.76. The van der Waals surface area contributed by atoms with Gasteiger partial charge in [0, 0.05) is 0 Å². The molecule has 0 saturated carbocycles. The molecule has 0 heterocycles. The van der Waals surface area contributed by atoms with E-state index in [2.05, 4.69) is 0 Å². The molecule has 0 spiro atoms. The highest BCUT2D eigenvalue weighted by Gasteiger charge is 2.21. The summed E-state index contributed by atoms with van der Waals surface area (Å²) in [4.78, 5) is 11.7. The Morgan fingerprint density at radius 2 is 2.05 bits per heavy atom. The van der Waals surface area contributed by atoms with Crippen molar-refractivity contribution in [2.24, 2.45) is 5.92 Å². The third-order valence-electron chi connectivity index (χ3n) is 2.67. The lowest BCUT2D eigenvalue weighted by Gasteiger charge is -2.20. The zero-order chi connectivity index (χ0) is 15.3. The molecule has 0 aliphatic heterocycles. The van der Waals surface area contributed by atoms with Crippen molar-refractivity contribution in [2.45, 2.75) is 46.1 Å². The van der Waals surface area contributed by atoms with Gasteiger partial charge in [-0.25, -0.2) is 9.18 Å². The van der Waals surface area contributed by atoms with Crippen LogP contribution < -0.4 is 0 Å². The number of ether oxygens (including phenoxy) is 1. The summed E-state index contributed by atoms with van der Waals surface area (Å²) >= 11 is 0. The Morgan fingerprint density at radius 1 is 1.40 bits per heavy atom. The third-order valence-corrected chi connectivity index (χ3v) is 2.67. The fourth-order valence-corrected chi connectivity index (χ4v) is 1.91. The number of carbonyl (C=O) groups is 1. The molecule has 1 N–H and O–H groups in total. The van der Waals surface area contributed by atoms with Gasteiger partial charge < -0.3 is 4.74 Å². The molecule has 1 aromatic carbocycles. The van der Waals surface area contributed by atoms with Crippen LogP contribution in [-0.4, -0.2) is 17.3 Å². The standard InChI is InChI=1S/C16H22FNO2/c1-11(8-12-6-5-7-13(17)10-12)9-14(18)15(19)20-16(2,3)4/h5-7,10-11,18H,8-9H2,1-4H3/t11-/m0/s1. The number of esters is 1. The average molecular weight is 279 g/mol. The van der Waals surface area contributed by atoms with Gasteiger partial charge in [0.05, 0.1) is 0 Å². The summed E-state index contributed by atoms with van der Waals surface area (Å²) in [5.41, 5.74) is 0.244. The minimum absolute atomic E-state index is 0.0381. The Kier molecular flexibility index (Phi) is 5.43. The SMILES string of the molecule is C[C@H](CC(=N)C(=O)OC(C)(C)C)Cc1cccc(F)c1. The summed E-state index contributed by atoms with van der Waals surface area (Å²) in [7, 11) is 0. The number of nitrogens with one attached hydrogen (secondary N) is 1. The van der Waals surface area contributed by atoms with Crippen LogP contribution in [0.4, 0.5) is 4.39 Å². The molecule has 110 valence electrons. The van der Waals surface area contributed by atoms with Crippen LogP contribution in [-0.2, 0) is 16.0 Å². The smallest absolute Gasteiger partial charge is 0.352 e. The van der Waals surface area contributed by atoms with E-state index in [1.54, 1.807) is 26.8 Å². The highest BCUT2D eigenvalue weighted by Crippen LogP contribution is 2.15. The summed E-state index contributed by atoms with van der Waals surface area (Å²) in [6, 6.07) is 6.39. The summed E-state index contributed by atoms with van der Waals surface area (Å²) in [6.07, 6.45) is 0.953. The monoisotopic (exact) mass is 279 g/mol. The molecule has 0 bridgehead atoms. The number of rotatable bonds is 5. The molecule has 1 aromatic rings. The van der Waals surface area contributed by atoms with Crippen LogP contribution in [0.2, 0.25) is 0 Å². The van der Waals surface area contributed by atoms with Gasteiger partial charge in [0.15, 0.2) is 0 Å². The van der Waals surface area contributed by atoms with E-state index in [1.165, 1.54) is 12.1 Å². The van der Waals surface area contributed by atoms with Crippen LogP contribution in [0.1, 0.15) is 39.7 Å². The second kappa shape index (κ2) is 6.64. The van der Waals surface area contributed by atoms with Crippen molar-refractivity contribution in [3.05, 3.63) is 35.6 Å². The third kappa shape index (κ3) is 5.95. The van der Waals surface area contributed by atoms with Gasteiger partial charge in [-0.05, 0) is 57.2 Å². The largest absolute Gasteiger partial charge is 0.456 e. The van der Waals surface area contributed by atoms with E-state index in [4.69, 9.17) is 10.1 Å². The zero-order valence-corrected chi connectivity index (χ0v) is 12.5. The van der Waals surface area contributed by atoms with E-state index >= 15 is 0 Å². The van der Waals surface area contributed by atoms with Gasteiger partial charge in [0.1, 0.15) is 17.1 Å². The maximum atomic E-state index is 13.1. The van der Waals surface area contributed by atoms with Crippen molar-refractivity contribution in [3.8, 4) is 0 Å². The van der Waals surface area contributed by atoms with Crippen molar-refractivity contribution in [3.63, 3.8) is 0 Å². The Balaban J connectivity index is 2.52. The topological polar surface area (TPSA) is 50.2 Å². The molecule has 0 radical (unpaired) electrons. The van der Waals surface area contributed by atoms with Crippen LogP contribution in [0.3, 0.4) is 0 Å². The van der Waals surface area contributed by atoms with E-state index in [1.807, 2.05) is 13.0 Å². The lowest BCUT2D eigenvalue weighted by Crippen LogP contribution is -2.29. The summed E-state index contributed by atoms with van der Waals surface area (Å²) in [6.45, 7) is 7.25. The molecule has 0 aliphatic carbocycles. The number of hydrogen-bond acceptors (Lipinski definition) is 3. The van der Waals surface area contributed by atoms with Crippen molar-refractivity contribution < 1.29 is 13.9 Å². The predicted molar refractivity (Wildman–Crippen MR) is 77.5 cm³/mol. The van der Waals surface area contributed by atoms with E-state index < -0.39 is 11.6 Å². The molecule has 4 heteroatoms. The number of benzene rings is 1. The lowest BCUT2D eigenvalue weighted by atomic mass is 9.96. The molecule has 1 rings (SSSR count). The Hall–Kier alpha value is -1.71. The van der Waals surface area contributed by atoms with Gasteiger partial charge in [0.2, 0.25) is 0 Å². The summed E-state index contributed by atoms with van der Waals surface area (Å²) in [5, 5.41) is 7.76. The first kappa shape index (κ1) is 16.3. The van der Waals surface area contributed by atoms with Gasteiger partial charge >= 0.3 is 5.97 Å². The highest BCUT2D eigenvalue weighted by atomic mass is 19.1. The molecule has 3 nitrogen and oxygen atoms in total. The highest BCUT2D eigenvalue weighted by molar-refractivity contribution is 6.35. The molecule has 0 saturated heterocycles. The van der Waals surface area contributed by atoms with Crippen LogP contribution in [0, 0.1) is 17.1 Å². The summed E-state index contributed by atoms with van der Waals surface area (Å²) in [5.74, 6) is -0.766. The molecule has 0 aromatic heterocycles.